The normalized spacial score (nSPS) is 12.8. The van der Waals surface area contributed by atoms with Crippen LogP contribution in [-0.2, 0) is 4.79 Å². The van der Waals surface area contributed by atoms with Gasteiger partial charge in [-0.15, -0.1) is 0 Å². The summed E-state index contributed by atoms with van der Waals surface area (Å²) in [6, 6.07) is 0. The summed E-state index contributed by atoms with van der Waals surface area (Å²) < 4.78 is 0. The van der Waals surface area contributed by atoms with Gasteiger partial charge in [0, 0.05) is 6.08 Å². The molecule has 0 heterocycles. The van der Waals surface area contributed by atoms with E-state index in [2.05, 4.69) is 20.8 Å². The number of rotatable bonds is 4. The van der Waals surface area contributed by atoms with Gasteiger partial charge in [0.15, 0.2) is 0 Å². The number of hydrogen-bond acceptors (Lipinski definition) is 1. The van der Waals surface area contributed by atoms with Crippen molar-refractivity contribution in [3.63, 3.8) is 0 Å². The Morgan fingerprint density at radius 1 is 1.40 bits per heavy atom. The Hall–Kier alpha value is -0.550. The Balaban J connectivity index is 3.42. The molecular weight excluding hydrogens is 124 g/mol. The molecule has 0 aromatic rings. The van der Waals surface area contributed by atoms with Crippen LogP contribution in [0.25, 0.3) is 0 Å². The van der Waals surface area contributed by atoms with Crippen LogP contribution in [0.15, 0.2) is 6.08 Å². The molecule has 0 radical (unpaired) electrons. The maximum atomic E-state index is 9.81. The average molecular weight is 140 g/mol. The minimum atomic E-state index is 0.626. The molecule has 0 saturated carbocycles. The van der Waals surface area contributed by atoms with Crippen LogP contribution >= 0.6 is 0 Å². The Morgan fingerprint density at radius 2 is 2.00 bits per heavy atom. The van der Waals surface area contributed by atoms with E-state index in [0.717, 1.165) is 12.3 Å². The van der Waals surface area contributed by atoms with Crippen molar-refractivity contribution in [1.29, 1.82) is 0 Å². The molecule has 0 aliphatic heterocycles. The lowest BCUT2D eigenvalue weighted by atomic mass is 9.96. The smallest absolute Gasteiger partial charge is 0.120 e. The first-order chi connectivity index (χ1) is 4.66. The molecule has 0 fully saturated rings. The van der Waals surface area contributed by atoms with Gasteiger partial charge in [-0.3, -0.25) is 0 Å². The highest BCUT2D eigenvalue weighted by atomic mass is 16.1. The summed E-state index contributed by atoms with van der Waals surface area (Å²) in [5, 5.41) is 0. The lowest BCUT2D eigenvalue weighted by Gasteiger charge is -2.09. The maximum Gasteiger partial charge on any atom is 0.120 e. The SMILES string of the molecule is CC(C)CC(C)CC=C=O. The van der Waals surface area contributed by atoms with E-state index in [0.29, 0.717) is 5.92 Å². The second-order valence-electron chi connectivity index (χ2n) is 3.29. The lowest BCUT2D eigenvalue weighted by molar-refractivity contribution is 0.442. The van der Waals surface area contributed by atoms with Crippen molar-refractivity contribution in [3.05, 3.63) is 6.08 Å². The van der Waals surface area contributed by atoms with Gasteiger partial charge in [0.25, 0.3) is 0 Å². The fraction of sp³-hybridized carbons (Fsp3) is 0.778. The highest BCUT2D eigenvalue weighted by Gasteiger charge is 2.01. The summed E-state index contributed by atoms with van der Waals surface area (Å²) in [7, 11) is 0. The van der Waals surface area contributed by atoms with E-state index in [1.807, 2.05) is 0 Å². The molecule has 10 heavy (non-hydrogen) atoms. The fourth-order valence-electron chi connectivity index (χ4n) is 1.15. The van der Waals surface area contributed by atoms with E-state index in [9.17, 15) is 4.79 Å². The van der Waals surface area contributed by atoms with E-state index >= 15 is 0 Å². The summed E-state index contributed by atoms with van der Waals surface area (Å²) in [4.78, 5) is 9.81. The minimum Gasteiger partial charge on any atom is -0.234 e. The number of hydrogen-bond donors (Lipinski definition) is 0. The molecule has 1 atom stereocenters. The van der Waals surface area contributed by atoms with Gasteiger partial charge in [0.1, 0.15) is 5.94 Å². The second kappa shape index (κ2) is 5.25. The number of allylic oxidation sites excluding steroid dienone is 1. The predicted molar refractivity (Wildman–Crippen MR) is 43.5 cm³/mol. The van der Waals surface area contributed by atoms with Gasteiger partial charge in [-0.05, 0) is 24.7 Å². The van der Waals surface area contributed by atoms with Crippen molar-refractivity contribution in [2.75, 3.05) is 0 Å². The maximum absolute atomic E-state index is 9.81. The molecule has 0 aromatic heterocycles. The van der Waals surface area contributed by atoms with Crippen LogP contribution in [0.5, 0.6) is 0 Å². The van der Waals surface area contributed by atoms with E-state index in [4.69, 9.17) is 0 Å². The zero-order valence-corrected chi connectivity index (χ0v) is 7.05. The third-order valence-electron chi connectivity index (χ3n) is 1.48. The summed E-state index contributed by atoms with van der Waals surface area (Å²) >= 11 is 0. The van der Waals surface area contributed by atoms with Crippen molar-refractivity contribution >= 4 is 5.94 Å². The Morgan fingerprint density at radius 3 is 2.40 bits per heavy atom. The largest absolute Gasteiger partial charge is 0.234 e. The van der Waals surface area contributed by atoms with E-state index < -0.39 is 0 Å². The average Bonchev–Trinajstić information content (AvgIpc) is 1.82. The van der Waals surface area contributed by atoms with Crippen molar-refractivity contribution in [2.45, 2.75) is 33.6 Å². The molecule has 0 saturated heterocycles. The summed E-state index contributed by atoms with van der Waals surface area (Å²) in [5.74, 6) is 3.15. The van der Waals surface area contributed by atoms with Gasteiger partial charge < -0.3 is 0 Å². The minimum absolute atomic E-state index is 0.626. The summed E-state index contributed by atoms with van der Waals surface area (Å²) in [5.41, 5.74) is 0. The van der Waals surface area contributed by atoms with Gasteiger partial charge in [0.2, 0.25) is 0 Å². The standard InChI is InChI=1S/C9H16O/c1-8(2)7-9(3)5-4-6-10/h4,8-9H,5,7H2,1-3H3. The Kier molecular flexibility index (Phi) is 4.96. The topological polar surface area (TPSA) is 17.1 Å². The summed E-state index contributed by atoms with van der Waals surface area (Å²) in [6.45, 7) is 6.55. The van der Waals surface area contributed by atoms with Crippen LogP contribution in [0.2, 0.25) is 0 Å². The van der Waals surface area contributed by atoms with Crippen LogP contribution in [0.3, 0.4) is 0 Å². The van der Waals surface area contributed by atoms with Gasteiger partial charge in [-0.25, -0.2) is 4.79 Å². The highest BCUT2D eigenvalue weighted by Crippen LogP contribution is 2.13. The molecule has 58 valence electrons. The first kappa shape index (κ1) is 9.45. The zero-order valence-electron chi connectivity index (χ0n) is 7.05. The third kappa shape index (κ3) is 5.58. The molecule has 0 aliphatic rings. The highest BCUT2D eigenvalue weighted by molar-refractivity contribution is 5.44. The van der Waals surface area contributed by atoms with Crippen LogP contribution in [-0.4, -0.2) is 5.94 Å². The molecule has 0 aliphatic carbocycles. The first-order valence-electron chi connectivity index (χ1n) is 3.86. The Bertz CT molecular complexity index is 121. The van der Waals surface area contributed by atoms with Crippen LogP contribution in [0, 0.1) is 11.8 Å². The quantitative estimate of drug-likeness (QED) is 0.548. The van der Waals surface area contributed by atoms with E-state index in [-0.39, 0.29) is 0 Å². The number of carbonyl (C=O) groups excluding carboxylic acids is 1. The molecule has 0 spiro atoms. The van der Waals surface area contributed by atoms with Crippen LogP contribution in [0.1, 0.15) is 33.6 Å². The molecule has 0 bridgehead atoms. The molecular formula is C9H16O. The van der Waals surface area contributed by atoms with Gasteiger partial charge in [0.05, 0.1) is 0 Å². The van der Waals surface area contributed by atoms with Gasteiger partial charge in [-0.2, -0.15) is 0 Å². The monoisotopic (exact) mass is 140 g/mol. The Labute approximate surface area is 63.1 Å². The molecule has 1 nitrogen and oxygen atoms in total. The molecule has 0 N–H and O–H groups in total. The van der Waals surface area contributed by atoms with Gasteiger partial charge in [-0.1, -0.05) is 20.8 Å². The van der Waals surface area contributed by atoms with Crippen LogP contribution < -0.4 is 0 Å². The third-order valence-corrected chi connectivity index (χ3v) is 1.48. The lowest BCUT2D eigenvalue weighted by Crippen LogP contribution is -1.98. The van der Waals surface area contributed by atoms with Gasteiger partial charge >= 0.3 is 0 Å². The van der Waals surface area contributed by atoms with Crippen molar-refractivity contribution < 1.29 is 4.79 Å². The second-order valence-corrected chi connectivity index (χ2v) is 3.29. The van der Waals surface area contributed by atoms with Crippen LogP contribution in [0.4, 0.5) is 0 Å². The molecule has 0 rings (SSSR count). The molecule has 0 amide bonds. The summed E-state index contributed by atoms with van der Waals surface area (Å²) in [6.07, 6.45) is 3.65. The van der Waals surface area contributed by atoms with Crippen molar-refractivity contribution in [2.24, 2.45) is 11.8 Å². The molecule has 0 aromatic carbocycles. The fourth-order valence-corrected chi connectivity index (χ4v) is 1.15. The van der Waals surface area contributed by atoms with E-state index in [1.165, 1.54) is 6.42 Å². The van der Waals surface area contributed by atoms with E-state index in [1.54, 1.807) is 12.0 Å². The zero-order chi connectivity index (χ0) is 7.98. The first-order valence-corrected chi connectivity index (χ1v) is 3.86. The van der Waals surface area contributed by atoms with Crippen molar-refractivity contribution in [1.82, 2.24) is 0 Å². The van der Waals surface area contributed by atoms with Crippen molar-refractivity contribution in [3.8, 4) is 0 Å². The molecule has 1 heteroatoms. The molecule has 1 unspecified atom stereocenters. The predicted octanol–water partition coefficient (Wildman–Crippen LogP) is 2.45.